The normalized spacial score (nSPS) is 26.6. The van der Waals surface area contributed by atoms with Gasteiger partial charge in [-0.3, -0.25) is 9.69 Å². The van der Waals surface area contributed by atoms with Crippen LogP contribution in [-0.2, 0) is 16.1 Å². The Kier molecular flexibility index (Phi) is 4.12. The Labute approximate surface area is 125 Å². The summed E-state index contributed by atoms with van der Waals surface area (Å²) in [6.45, 7) is 3.67. The smallest absolute Gasteiger partial charge is 0.229 e. The maximum absolute atomic E-state index is 12.3. The minimum Gasteiger partial charge on any atom is -0.497 e. The van der Waals surface area contributed by atoms with E-state index < -0.39 is 0 Å². The molecule has 114 valence electrons. The second-order valence-corrected chi connectivity index (χ2v) is 5.88. The molecule has 1 amide bonds. The number of hydrogen-bond donors (Lipinski definition) is 0. The molecule has 21 heavy (non-hydrogen) atoms. The van der Waals surface area contributed by atoms with Gasteiger partial charge in [-0.05, 0) is 17.7 Å². The number of methoxy groups -OCH3 is 1. The van der Waals surface area contributed by atoms with Crippen LogP contribution in [0.1, 0.15) is 5.56 Å². The highest BCUT2D eigenvalue weighted by atomic mass is 16.5. The van der Waals surface area contributed by atoms with Crippen molar-refractivity contribution in [3.63, 3.8) is 0 Å². The number of rotatable bonds is 3. The lowest BCUT2D eigenvalue weighted by Gasteiger charge is -2.29. The maximum Gasteiger partial charge on any atom is 0.229 e. The van der Waals surface area contributed by atoms with Gasteiger partial charge in [0.15, 0.2) is 0 Å². The summed E-state index contributed by atoms with van der Waals surface area (Å²) in [7, 11) is 3.57. The fraction of sp³-hybridized carbons (Fsp3) is 0.562. The lowest BCUT2D eigenvalue weighted by molar-refractivity contribution is -0.133. The Morgan fingerprint density at radius 1 is 1.24 bits per heavy atom. The maximum atomic E-state index is 12.3. The fourth-order valence-electron chi connectivity index (χ4n) is 3.11. The minimum absolute atomic E-state index is 0.0410. The molecule has 0 aromatic heterocycles. The molecule has 2 saturated heterocycles. The van der Waals surface area contributed by atoms with Crippen LogP contribution in [0.2, 0.25) is 0 Å². The quantitative estimate of drug-likeness (QED) is 0.832. The van der Waals surface area contributed by atoms with Crippen LogP contribution in [0, 0.1) is 5.92 Å². The first-order valence-electron chi connectivity index (χ1n) is 7.37. The number of ether oxygens (including phenoxy) is 2. The van der Waals surface area contributed by atoms with Gasteiger partial charge in [-0.2, -0.15) is 0 Å². The number of fused-ring (bicyclic) bond motifs is 3. The van der Waals surface area contributed by atoms with Crippen LogP contribution in [0.4, 0.5) is 0 Å². The average molecular weight is 290 g/mol. The van der Waals surface area contributed by atoms with Gasteiger partial charge in [-0.1, -0.05) is 12.1 Å². The molecule has 3 rings (SSSR count). The molecule has 0 aliphatic carbocycles. The SMILES string of the molecule is COc1ccc(CN2C[C@@H]3COC[C@H](C2)N(C)C3=O)cc1. The molecular formula is C16H22N2O3. The van der Waals surface area contributed by atoms with Gasteiger partial charge < -0.3 is 14.4 Å². The van der Waals surface area contributed by atoms with E-state index in [1.165, 1.54) is 5.56 Å². The van der Waals surface area contributed by atoms with Crippen molar-refractivity contribution in [2.75, 3.05) is 40.5 Å². The van der Waals surface area contributed by atoms with E-state index in [4.69, 9.17) is 9.47 Å². The molecule has 2 heterocycles. The van der Waals surface area contributed by atoms with Crippen molar-refractivity contribution in [3.05, 3.63) is 29.8 Å². The van der Waals surface area contributed by atoms with Gasteiger partial charge in [-0.15, -0.1) is 0 Å². The molecule has 0 saturated carbocycles. The fourth-order valence-corrected chi connectivity index (χ4v) is 3.11. The van der Waals surface area contributed by atoms with E-state index in [0.717, 1.165) is 25.4 Å². The molecule has 2 aliphatic heterocycles. The predicted molar refractivity (Wildman–Crippen MR) is 79.1 cm³/mol. The van der Waals surface area contributed by atoms with Crippen molar-refractivity contribution < 1.29 is 14.3 Å². The third-order valence-corrected chi connectivity index (χ3v) is 4.39. The molecule has 0 radical (unpaired) electrons. The minimum atomic E-state index is -0.0410. The van der Waals surface area contributed by atoms with Gasteiger partial charge in [0, 0.05) is 26.7 Å². The molecule has 2 fully saturated rings. The van der Waals surface area contributed by atoms with E-state index in [1.54, 1.807) is 7.11 Å². The van der Waals surface area contributed by atoms with E-state index >= 15 is 0 Å². The van der Waals surface area contributed by atoms with Crippen molar-refractivity contribution in [1.29, 1.82) is 0 Å². The van der Waals surface area contributed by atoms with Crippen LogP contribution in [0.5, 0.6) is 5.75 Å². The molecular weight excluding hydrogens is 268 g/mol. The second-order valence-electron chi connectivity index (χ2n) is 5.88. The van der Waals surface area contributed by atoms with Crippen LogP contribution in [-0.4, -0.2) is 62.2 Å². The Bertz CT molecular complexity index is 503. The first-order chi connectivity index (χ1) is 10.2. The Morgan fingerprint density at radius 2 is 2.00 bits per heavy atom. The monoisotopic (exact) mass is 290 g/mol. The van der Waals surface area contributed by atoms with Gasteiger partial charge in [0.05, 0.1) is 32.3 Å². The number of likely N-dealkylation sites (N-methyl/N-ethyl adjacent to an activating group) is 1. The number of carbonyl (C=O) groups is 1. The molecule has 2 atom stereocenters. The molecule has 5 nitrogen and oxygen atoms in total. The third-order valence-electron chi connectivity index (χ3n) is 4.39. The van der Waals surface area contributed by atoms with Crippen LogP contribution < -0.4 is 4.74 Å². The summed E-state index contributed by atoms with van der Waals surface area (Å²) >= 11 is 0. The van der Waals surface area contributed by atoms with E-state index in [9.17, 15) is 4.79 Å². The lowest BCUT2D eigenvalue weighted by atomic mass is 10.1. The molecule has 0 spiro atoms. The topological polar surface area (TPSA) is 42.0 Å². The van der Waals surface area contributed by atoms with E-state index in [2.05, 4.69) is 17.0 Å². The summed E-state index contributed by atoms with van der Waals surface area (Å²) in [5.74, 6) is 1.05. The summed E-state index contributed by atoms with van der Waals surface area (Å²) in [6.07, 6.45) is 0. The van der Waals surface area contributed by atoms with Crippen molar-refractivity contribution in [1.82, 2.24) is 9.80 Å². The van der Waals surface area contributed by atoms with E-state index in [1.807, 2.05) is 24.1 Å². The zero-order valence-electron chi connectivity index (χ0n) is 12.6. The largest absolute Gasteiger partial charge is 0.497 e. The van der Waals surface area contributed by atoms with Crippen molar-refractivity contribution in [2.24, 2.45) is 5.92 Å². The number of amides is 1. The highest BCUT2D eigenvalue weighted by molar-refractivity contribution is 5.79. The van der Waals surface area contributed by atoms with Gasteiger partial charge in [0.1, 0.15) is 5.75 Å². The van der Waals surface area contributed by atoms with Crippen LogP contribution in [0.3, 0.4) is 0 Å². The molecule has 2 aliphatic rings. The van der Waals surface area contributed by atoms with Crippen LogP contribution in [0.25, 0.3) is 0 Å². The molecule has 0 unspecified atom stereocenters. The zero-order valence-corrected chi connectivity index (χ0v) is 12.6. The average Bonchev–Trinajstić information content (AvgIpc) is 2.67. The number of carbonyl (C=O) groups excluding carboxylic acids is 1. The van der Waals surface area contributed by atoms with Crippen LogP contribution >= 0.6 is 0 Å². The third kappa shape index (κ3) is 3.04. The molecule has 1 aromatic rings. The van der Waals surface area contributed by atoms with Crippen molar-refractivity contribution in [2.45, 2.75) is 12.6 Å². The molecule has 5 heteroatoms. The summed E-state index contributed by atoms with van der Waals surface area (Å²) in [5, 5.41) is 0. The van der Waals surface area contributed by atoms with Crippen molar-refractivity contribution in [3.8, 4) is 5.75 Å². The lowest BCUT2D eigenvalue weighted by Crippen LogP contribution is -2.42. The summed E-state index contributed by atoms with van der Waals surface area (Å²) in [6, 6.07) is 8.29. The molecule has 1 aromatic carbocycles. The van der Waals surface area contributed by atoms with Gasteiger partial charge >= 0.3 is 0 Å². The number of nitrogens with zero attached hydrogens (tertiary/aromatic N) is 2. The summed E-state index contributed by atoms with van der Waals surface area (Å²) < 4.78 is 10.8. The molecule has 0 N–H and O–H groups in total. The predicted octanol–water partition coefficient (Wildman–Crippen LogP) is 0.984. The van der Waals surface area contributed by atoms with Gasteiger partial charge in [-0.25, -0.2) is 0 Å². The number of hydrogen-bond acceptors (Lipinski definition) is 4. The van der Waals surface area contributed by atoms with Gasteiger partial charge in [0.25, 0.3) is 0 Å². The number of benzene rings is 1. The Balaban J connectivity index is 1.72. The standard InChI is InChI=1S/C16H22N2O3/c1-17-14-9-18(8-13(16(17)19)10-21-11-14)7-12-3-5-15(20-2)6-4-12/h3-6,13-14H,7-11H2,1-2H3/t13-,14+/m1/s1. The summed E-state index contributed by atoms with van der Waals surface area (Å²) in [5.41, 5.74) is 1.24. The highest BCUT2D eigenvalue weighted by Crippen LogP contribution is 2.21. The Morgan fingerprint density at radius 3 is 2.71 bits per heavy atom. The van der Waals surface area contributed by atoms with Crippen LogP contribution in [0.15, 0.2) is 24.3 Å². The zero-order chi connectivity index (χ0) is 14.8. The van der Waals surface area contributed by atoms with Gasteiger partial charge in [0.2, 0.25) is 5.91 Å². The van der Waals surface area contributed by atoms with Crippen molar-refractivity contribution >= 4 is 5.91 Å². The second kappa shape index (κ2) is 6.03. The Hall–Kier alpha value is -1.59. The highest BCUT2D eigenvalue weighted by Gasteiger charge is 2.37. The first-order valence-corrected chi connectivity index (χ1v) is 7.37. The van der Waals surface area contributed by atoms with E-state index in [-0.39, 0.29) is 17.9 Å². The van der Waals surface area contributed by atoms with E-state index in [0.29, 0.717) is 13.2 Å². The first kappa shape index (κ1) is 14.4. The molecule has 2 bridgehead atoms. The summed E-state index contributed by atoms with van der Waals surface area (Å²) in [4.78, 5) is 16.5.